The number of rotatable bonds is 8. The van der Waals surface area contributed by atoms with Crippen LogP contribution in [0.4, 0.5) is 0 Å². The topological polar surface area (TPSA) is 28.4 Å². The Labute approximate surface area is 127 Å². The molecule has 0 fully saturated rings. The van der Waals surface area contributed by atoms with Crippen molar-refractivity contribution in [3.05, 3.63) is 47.7 Å². The van der Waals surface area contributed by atoms with Gasteiger partial charge in [-0.3, -0.25) is 4.90 Å². The zero-order valence-electron chi connectivity index (χ0n) is 13.4. The van der Waals surface area contributed by atoms with Gasteiger partial charge in [-0.05, 0) is 33.0 Å². The number of nitrogens with zero attached hydrogens (tertiary/aromatic N) is 1. The van der Waals surface area contributed by atoms with Crippen molar-refractivity contribution in [1.29, 1.82) is 0 Å². The van der Waals surface area contributed by atoms with Crippen LogP contribution in [0.25, 0.3) is 11.0 Å². The standard InChI is InChI=1S/C18H26N2O/c1-5-10-19-11-16-15-8-6-7-9-17(15)21-18(16)13-20(4)12-14(2)3/h6-9,19H,2,5,10-13H2,1,3-4H3. The second-order valence-electron chi connectivity index (χ2n) is 5.81. The molecule has 0 spiro atoms. The van der Waals surface area contributed by atoms with Gasteiger partial charge in [0.2, 0.25) is 0 Å². The highest BCUT2D eigenvalue weighted by Crippen LogP contribution is 2.26. The van der Waals surface area contributed by atoms with Crippen molar-refractivity contribution in [2.75, 3.05) is 20.1 Å². The van der Waals surface area contributed by atoms with E-state index in [1.165, 1.54) is 16.5 Å². The highest BCUT2D eigenvalue weighted by Gasteiger charge is 2.15. The molecule has 2 rings (SSSR count). The molecule has 0 atom stereocenters. The molecule has 1 aromatic heterocycles. The molecular weight excluding hydrogens is 260 g/mol. The molecule has 1 aromatic carbocycles. The van der Waals surface area contributed by atoms with E-state index in [0.29, 0.717) is 0 Å². The fourth-order valence-corrected chi connectivity index (χ4v) is 2.62. The third-order valence-corrected chi connectivity index (χ3v) is 3.46. The molecule has 0 amide bonds. The van der Waals surface area contributed by atoms with Crippen molar-refractivity contribution in [2.45, 2.75) is 33.4 Å². The molecule has 2 aromatic rings. The summed E-state index contributed by atoms with van der Waals surface area (Å²) in [4.78, 5) is 2.24. The first-order valence-electron chi connectivity index (χ1n) is 7.64. The maximum Gasteiger partial charge on any atom is 0.134 e. The highest BCUT2D eigenvalue weighted by molar-refractivity contribution is 5.82. The quantitative estimate of drug-likeness (QED) is 0.588. The Morgan fingerprint density at radius 2 is 2.10 bits per heavy atom. The number of benzene rings is 1. The predicted octanol–water partition coefficient (Wildman–Crippen LogP) is 3.94. The lowest BCUT2D eigenvalue weighted by molar-refractivity contribution is 0.319. The molecule has 21 heavy (non-hydrogen) atoms. The molecule has 0 saturated heterocycles. The maximum atomic E-state index is 6.07. The number of hydrogen-bond donors (Lipinski definition) is 1. The molecule has 0 aliphatic heterocycles. The van der Waals surface area contributed by atoms with Gasteiger partial charge in [-0.25, -0.2) is 0 Å². The average molecular weight is 286 g/mol. The largest absolute Gasteiger partial charge is 0.459 e. The van der Waals surface area contributed by atoms with E-state index in [-0.39, 0.29) is 0 Å². The van der Waals surface area contributed by atoms with E-state index in [1.54, 1.807) is 0 Å². The molecule has 1 N–H and O–H groups in total. The number of furan rings is 1. The molecule has 0 unspecified atom stereocenters. The van der Waals surface area contributed by atoms with Crippen LogP contribution >= 0.6 is 0 Å². The van der Waals surface area contributed by atoms with Crippen molar-refractivity contribution >= 4 is 11.0 Å². The molecule has 0 saturated carbocycles. The summed E-state index contributed by atoms with van der Waals surface area (Å²) in [6.07, 6.45) is 1.14. The third-order valence-electron chi connectivity index (χ3n) is 3.46. The van der Waals surface area contributed by atoms with Crippen LogP contribution < -0.4 is 5.32 Å². The Bertz CT molecular complexity index is 600. The zero-order chi connectivity index (χ0) is 15.2. The molecule has 0 bridgehead atoms. The number of fused-ring (bicyclic) bond motifs is 1. The van der Waals surface area contributed by atoms with Crippen LogP contribution in [0.2, 0.25) is 0 Å². The second-order valence-corrected chi connectivity index (χ2v) is 5.81. The number of nitrogens with one attached hydrogen (secondary N) is 1. The molecule has 0 aliphatic carbocycles. The lowest BCUT2D eigenvalue weighted by Gasteiger charge is -2.16. The number of likely N-dealkylation sites (N-methyl/N-ethyl adjacent to an activating group) is 1. The summed E-state index contributed by atoms with van der Waals surface area (Å²) in [5, 5.41) is 4.71. The molecule has 0 radical (unpaired) electrons. The number of hydrogen-bond acceptors (Lipinski definition) is 3. The Hall–Kier alpha value is -1.58. The van der Waals surface area contributed by atoms with Gasteiger partial charge in [0.05, 0.1) is 6.54 Å². The van der Waals surface area contributed by atoms with Crippen LogP contribution in [0.3, 0.4) is 0 Å². The molecule has 3 heteroatoms. The maximum absolute atomic E-state index is 6.07. The summed E-state index contributed by atoms with van der Waals surface area (Å²) >= 11 is 0. The van der Waals surface area contributed by atoms with Crippen molar-refractivity contribution < 1.29 is 4.42 Å². The van der Waals surface area contributed by atoms with E-state index in [2.05, 4.69) is 49.8 Å². The Morgan fingerprint density at radius 3 is 2.81 bits per heavy atom. The highest BCUT2D eigenvalue weighted by atomic mass is 16.3. The summed E-state index contributed by atoms with van der Waals surface area (Å²) in [6, 6.07) is 8.28. The first-order valence-corrected chi connectivity index (χ1v) is 7.64. The first-order chi connectivity index (χ1) is 10.1. The van der Waals surface area contributed by atoms with Gasteiger partial charge < -0.3 is 9.73 Å². The minimum atomic E-state index is 0.810. The average Bonchev–Trinajstić information content (AvgIpc) is 2.76. The van der Waals surface area contributed by atoms with Crippen LogP contribution in [-0.4, -0.2) is 25.0 Å². The van der Waals surface area contributed by atoms with Gasteiger partial charge >= 0.3 is 0 Å². The second kappa shape index (κ2) is 7.43. The van der Waals surface area contributed by atoms with Crippen LogP contribution in [0.1, 0.15) is 31.6 Å². The smallest absolute Gasteiger partial charge is 0.134 e. The monoisotopic (exact) mass is 286 g/mol. The van der Waals surface area contributed by atoms with Crippen molar-refractivity contribution in [2.24, 2.45) is 0 Å². The molecule has 3 nitrogen and oxygen atoms in total. The van der Waals surface area contributed by atoms with Crippen LogP contribution in [0, 0.1) is 0 Å². The normalized spacial score (nSPS) is 11.4. The fourth-order valence-electron chi connectivity index (χ4n) is 2.62. The van der Waals surface area contributed by atoms with E-state index in [1.807, 2.05) is 12.1 Å². The lowest BCUT2D eigenvalue weighted by Crippen LogP contribution is -2.21. The van der Waals surface area contributed by atoms with E-state index < -0.39 is 0 Å². The minimum Gasteiger partial charge on any atom is -0.459 e. The molecule has 1 heterocycles. The lowest BCUT2D eigenvalue weighted by atomic mass is 10.1. The van der Waals surface area contributed by atoms with Crippen LogP contribution in [0.15, 0.2) is 40.8 Å². The van der Waals surface area contributed by atoms with E-state index in [0.717, 1.165) is 43.9 Å². The third kappa shape index (κ3) is 4.19. The minimum absolute atomic E-state index is 0.810. The Balaban J connectivity index is 2.23. The van der Waals surface area contributed by atoms with E-state index >= 15 is 0 Å². The van der Waals surface area contributed by atoms with E-state index in [4.69, 9.17) is 4.42 Å². The van der Waals surface area contributed by atoms with Gasteiger partial charge in [0.1, 0.15) is 11.3 Å². The van der Waals surface area contributed by atoms with Crippen LogP contribution in [0.5, 0.6) is 0 Å². The van der Waals surface area contributed by atoms with Gasteiger partial charge in [0.25, 0.3) is 0 Å². The van der Waals surface area contributed by atoms with Gasteiger partial charge in [-0.2, -0.15) is 0 Å². The molecular formula is C18H26N2O. The van der Waals surface area contributed by atoms with Crippen molar-refractivity contribution in [1.82, 2.24) is 10.2 Å². The Morgan fingerprint density at radius 1 is 1.33 bits per heavy atom. The van der Waals surface area contributed by atoms with Crippen molar-refractivity contribution in [3.63, 3.8) is 0 Å². The number of para-hydroxylation sites is 1. The summed E-state index contributed by atoms with van der Waals surface area (Å²) in [5.41, 5.74) is 3.43. The summed E-state index contributed by atoms with van der Waals surface area (Å²) in [7, 11) is 2.10. The van der Waals surface area contributed by atoms with E-state index in [9.17, 15) is 0 Å². The molecule has 114 valence electrons. The summed E-state index contributed by atoms with van der Waals surface area (Å²) < 4.78 is 6.07. The van der Waals surface area contributed by atoms with Gasteiger partial charge in [-0.15, -0.1) is 0 Å². The zero-order valence-corrected chi connectivity index (χ0v) is 13.4. The Kier molecular flexibility index (Phi) is 5.59. The van der Waals surface area contributed by atoms with Gasteiger partial charge in [0.15, 0.2) is 0 Å². The van der Waals surface area contributed by atoms with Gasteiger partial charge in [-0.1, -0.05) is 37.3 Å². The summed E-state index contributed by atoms with van der Waals surface area (Å²) in [6.45, 7) is 11.8. The SMILES string of the molecule is C=C(C)CN(C)Cc1oc2ccccc2c1CNCCC. The first kappa shape index (κ1) is 15.8. The van der Waals surface area contributed by atoms with Crippen molar-refractivity contribution in [3.8, 4) is 0 Å². The molecule has 0 aliphatic rings. The summed E-state index contributed by atoms with van der Waals surface area (Å²) in [5.74, 6) is 1.06. The predicted molar refractivity (Wildman–Crippen MR) is 89.4 cm³/mol. The van der Waals surface area contributed by atoms with Gasteiger partial charge in [0, 0.05) is 24.0 Å². The fraction of sp³-hybridized carbons (Fsp3) is 0.444. The van der Waals surface area contributed by atoms with Crippen LogP contribution in [-0.2, 0) is 13.1 Å².